The number of amidine groups is 1. The van der Waals surface area contributed by atoms with Crippen molar-refractivity contribution in [2.24, 2.45) is 9.98 Å². The van der Waals surface area contributed by atoms with Gasteiger partial charge in [-0.25, -0.2) is 4.99 Å². The monoisotopic (exact) mass is 737 g/mol. The first-order valence-corrected chi connectivity index (χ1v) is 14.6. The average molecular weight is 739 g/mol. The van der Waals surface area contributed by atoms with Crippen LogP contribution in [-0.2, 0) is 0 Å². The van der Waals surface area contributed by atoms with Crippen LogP contribution in [0.4, 0.5) is 11.4 Å². The molecule has 5 rings (SSSR count). The zero-order valence-corrected chi connectivity index (χ0v) is 27.6. The maximum Gasteiger partial charge on any atom is 0.196 e. The summed E-state index contributed by atoms with van der Waals surface area (Å²) >= 11 is 26.3. The summed E-state index contributed by atoms with van der Waals surface area (Å²) < 4.78 is 5.63. The van der Waals surface area contributed by atoms with Crippen molar-refractivity contribution in [2.45, 2.75) is 25.9 Å². The third-order valence-corrected chi connectivity index (χ3v) is 7.72. The lowest BCUT2D eigenvalue weighted by Gasteiger charge is -2.29. The predicted molar refractivity (Wildman–Crippen MR) is 181 cm³/mol. The van der Waals surface area contributed by atoms with E-state index in [4.69, 9.17) is 51.1 Å². The Morgan fingerprint density at radius 3 is 2.08 bits per heavy atom. The molecule has 0 fully saturated rings. The number of fused-ring (bicyclic) bond motifs is 2. The van der Waals surface area contributed by atoms with E-state index in [2.05, 4.69) is 25.9 Å². The number of thioether (sulfide) groups is 1. The number of guanidine groups is 1. The fourth-order valence-corrected chi connectivity index (χ4v) is 5.59. The number of anilines is 2. The molecule has 208 valence electrons. The van der Waals surface area contributed by atoms with Crippen molar-refractivity contribution in [3.63, 3.8) is 0 Å². The Hall–Kier alpha value is -1.56. The number of ether oxygens (including phenoxy) is 1. The Morgan fingerprint density at radius 1 is 0.846 bits per heavy atom. The minimum Gasteiger partial charge on any atom is -0.492 e. The largest absolute Gasteiger partial charge is 0.492 e. The van der Waals surface area contributed by atoms with Crippen LogP contribution in [0.15, 0.2) is 64.6 Å². The van der Waals surface area contributed by atoms with Gasteiger partial charge >= 0.3 is 0 Å². The van der Waals surface area contributed by atoms with Crippen LogP contribution in [-0.4, -0.2) is 30.5 Å². The van der Waals surface area contributed by atoms with Gasteiger partial charge in [-0.15, -0.1) is 24.0 Å². The van der Waals surface area contributed by atoms with E-state index >= 15 is 0 Å². The van der Waals surface area contributed by atoms with Gasteiger partial charge in [0.2, 0.25) is 0 Å². The van der Waals surface area contributed by atoms with Crippen LogP contribution in [0.1, 0.15) is 37.1 Å². The van der Waals surface area contributed by atoms with Gasteiger partial charge < -0.3 is 20.7 Å². The molecule has 2 aliphatic rings. The number of halogens is 5. The molecule has 0 aromatic heterocycles. The van der Waals surface area contributed by atoms with Crippen molar-refractivity contribution in [1.82, 2.24) is 5.32 Å². The third kappa shape index (κ3) is 8.01. The second kappa shape index (κ2) is 14.9. The van der Waals surface area contributed by atoms with Gasteiger partial charge in [0, 0.05) is 21.2 Å². The summed E-state index contributed by atoms with van der Waals surface area (Å²) in [6.07, 6.45) is 1.97. The number of nitrogens with one attached hydrogen (secondary N) is 3. The normalized spacial score (nSPS) is 18.0. The Kier molecular flexibility index (Phi) is 12.2. The Morgan fingerprint density at radius 2 is 1.44 bits per heavy atom. The van der Waals surface area contributed by atoms with Crippen molar-refractivity contribution in [2.75, 3.05) is 30.0 Å². The summed E-state index contributed by atoms with van der Waals surface area (Å²) in [6, 6.07) is 17.0. The van der Waals surface area contributed by atoms with E-state index in [0.717, 1.165) is 33.4 Å². The average Bonchev–Trinajstić information content (AvgIpc) is 2.91. The summed E-state index contributed by atoms with van der Waals surface area (Å²) in [7, 11) is 0. The molecule has 0 spiro atoms. The number of hydrogen-bond donors (Lipinski definition) is 3. The first kappa shape index (κ1) is 32.0. The molecule has 0 saturated carbocycles. The number of para-hydroxylation sites is 1. The van der Waals surface area contributed by atoms with E-state index in [0.29, 0.717) is 39.2 Å². The number of benzene rings is 3. The highest BCUT2D eigenvalue weighted by Crippen LogP contribution is 2.41. The lowest BCUT2D eigenvalue weighted by atomic mass is 10.0. The fourth-order valence-electron chi connectivity index (χ4n) is 4.06. The number of aliphatic imine (C=N–C) groups is 2. The Balaban J connectivity index is 0.000000228. The number of nitrogens with zero attached hydrogens (tertiary/aromatic N) is 2. The zero-order valence-electron chi connectivity index (χ0n) is 21.4. The van der Waals surface area contributed by atoms with Crippen LogP contribution >= 0.6 is 82.1 Å². The molecule has 2 heterocycles. The Labute approximate surface area is 270 Å². The molecule has 12 heteroatoms. The summed E-state index contributed by atoms with van der Waals surface area (Å²) in [5.41, 5.74) is 3.63. The van der Waals surface area contributed by atoms with E-state index in [1.54, 1.807) is 36.0 Å². The summed E-state index contributed by atoms with van der Waals surface area (Å²) in [6.45, 7) is 5.07. The van der Waals surface area contributed by atoms with Crippen molar-refractivity contribution in [3.05, 3.63) is 85.8 Å². The molecule has 3 N–H and O–H groups in total. The first-order chi connectivity index (χ1) is 18.3. The highest BCUT2D eigenvalue weighted by Gasteiger charge is 2.24. The molecular formula is C27H28Cl4IN5OS. The van der Waals surface area contributed by atoms with Gasteiger partial charge in [0.25, 0.3) is 0 Å². The van der Waals surface area contributed by atoms with Crippen molar-refractivity contribution < 1.29 is 4.74 Å². The van der Waals surface area contributed by atoms with Crippen LogP contribution in [0, 0.1) is 0 Å². The summed E-state index contributed by atoms with van der Waals surface area (Å²) in [5.74, 6) is 1.51. The lowest BCUT2D eigenvalue weighted by molar-refractivity contribution is 0.328. The highest BCUT2D eigenvalue weighted by molar-refractivity contribution is 14.0. The van der Waals surface area contributed by atoms with Gasteiger partial charge in [0.15, 0.2) is 11.1 Å². The molecule has 2 atom stereocenters. The SMILES string of the molecule is CC1NC(=NCCOc2ccccc2)Nc2c(Cl)ccc(Cl)c21.CSC1=NC(C)c2c(Cl)ccc(Cl)c2N1.I. The maximum atomic E-state index is 6.26. The zero-order chi connectivity index (χ0) is 27.2. The lowest BCUT2D eigenvalue weighted by Crippen LogP contribution is -2.38. The summed E-state index contributed by atoms with van der Waals surface area (Å²) in [4.78, 5) is 8.96. The smallest absolute Gasteiger partial charge is 0.196 e. The van der Waals surface area contributed by atoms with Crippen LogP contribution in [0.25, 0.3) is 0 Å². The van der Waals surface area contributed by atoms with Crippen LogP contribution in [0.3, 0.4) is 0 Å². The van der Waals surface area contributed by atoms with Gasteiger partial charge in [0.05, 0.1) is 40.0 Å². The second-order valence-electron chi connectivity index (χ2n) is 8.46. The minimum atomic E-state index is 0. The quantitative estimate of drug-likeness (QED) is 0.184. The highest BCUT2D eigenvalue weighted by atomic mass is 127. The Bertz CT molecular complexity index is 1360. The second-order valence-corrected chi connectivity index (χ2v) is 10.9. The maximum absolute atomic E-state index is 6.26. The topological polar surface area (TPSA) is 70.0 Å². The van der Waals surface area contributed by atoms with Gasteiger partial charge in [-0.2, -0.15) is 0 Å². The molecule has 0 radical (unpaired) electrons. The van der Waals surface area contributed by atoms with Crippen LogP contribution in [0.5, 0.6) is 5.75 Å². The standard InChI is InChI=1S/C17H17Cl2N3O.C10H10Cl2N2S.HI/c1-11-15-13(18)7-8-14(19)16(15)22-17(21-11)20-9-10-23-12-5-3-2-4-6-12;1-5-8-6(11)3-4-7(12)9(8)14-10(13-5)15-2;/h2-8,11H,9-10H2,1H3,(H2,20,21,22);3-5H,1-2H3,(H,13,14);1H. The van der Waals surface area contributed by atoms with Gasteiger partial charge in [-0.1, -0.05) is 76.4 Å². The number of hydrogen-bond acceptors (Lipinski definition) is 5. The van der Waals surface area contributed by atoms with E-state index in [1.165, 1.54) is 0 Å². The van der Waals surface area contributed by atoms with E-state index in [9.17, 15) is 0 Å². The summed E-state index contributed by atoms with van der Waals surface area (Å²) in [5, 5.41) is 13.2. The molecule has 0 saturated heterocycles. The van der Waals surface area contributed by atoms with Gasteiger partial charge in [-0.05, 0) is 56.5 Å². The molecule has 0 aliphatic carbocycles. The molecule has 0 amide bonds. The fraction of sp³-hybridized carbons (Fsp3) is 0.259. The van der Waals surface area contributed by atoms with Crippen LogP contribution in [0.2, 0.25) is 20.1 Å². The molecule has 3 aromatic rings. The number of rotatable bonds is 4. The van der Waals surface area contributed by atoms with Gasteiger partial charge in [-0.3, -0.25) is 4.99 Å². The van der Waals surface area contributed by atoms with E-state index in [-0.39, 0.29) is 36.1 Å². The van der Waals surface area contributed by atoms with E-state index in [1.807, 2.05) is 50.4 Å². The van der Waals surface area contributed by atoms with Crippen LogP contribution < -0.4 is 20.7 Å². The minimum absolute atomic E-state index is 0. The molecule has 39 heavy (non-hydrogen) atoms. The molecule has 2 aliphatic heterocycles. The van der Waals surface area contributed by atoms with Crippen molar-refractivity contribution in [1.29, 1.82) is 0 Å². The van der Waals surface area contributed by atoms with Crippen molar-refractivity contribution in [3.8, 4) is 5.75 Å². The predicted octanol–water partition coefficient (Wildman–Crippen LogP) is 9.32. The molecule has 0 bridgehead atoms. The molecular weight excluding hydrogens is 711 g/mol. The third-order valence-electron chi connectivity index (χ3n) is 5.84. The van der Waals surface area contributed by atoms with Gasteiger partial charge in [0.1, 0.15) is 12.4 Å². The molecule has 6 nitrogen and oxygen atoms in total. The first-order valence-electron chi connectivity index (χ1n) is 11.9. The van der Waals surface area contributed by atoms with E-state index < -0.39 is 0 Å². The van der Waals surface area contributed by atoms with Crippen molar-refractivity contribution >= 4 is 105 Å². The molecule has 2 unspecified atom stereocenters. The molecule has 3 aromatic carbocycles.